The number of morpholine rings is 1. The third-order valence-electron chi connectivity index (χ3n) is 7.81. The summed E-state index contributed by atoms with van der Waals surface area (Å²) in [5, 5.41) is 12.2. The first kappa shape index (κ1) is 29.0. The number of aliphatic carboxylic acids is 1. The van der Waals surface area contributed by atoms with Crippen LogP contribution in [0, 0.1) is 5.41 Å². The highest BCUT2D eigenvalue weighted by molar-refractivity contribution is 7.22. The number of carboxylic acid groups (broad SMARTS) is 1. The fraction of sp³-hybridized carbons (Fsp3) is 0.467. The van der Waals surface area contributed by atoms with E-state index in [0.717, 1.165) is 26.9 Å². The summed E-state index contributed by atoms with van der Waals surface area (Å²) in [4.78, 5) is 47.2. The van der Waals surface area contributed by atoms with Crippen molar-refractivity contribution in [1.29, 1.82) is 0 Å². The number of benzene rings is 2. The molecule has 0 spiro atoms. The van der Waals surface area contributed by atoms with Gasteiger partial charge in [-0.3, -0.25) is 14.5 Å². The highest BCUT2D eigenvalue weighted by Gasteiger charge is 2.46. The van der Waals surface area contributed by atoms with Gasteiger partial charge < -0.3 is 28.8 Å². The van der Waals surface area contributed by atoms with Gasteiger partial charge in [0.2, 0.25) is 5.91 Å². The van der Waals surface area contributed by atoms with Crippen LogP contribution in [-0.4, -0.2) is 99.8 Å². The maximum atomic E-state index is 13.9. The third kappa shape index (κ3) is 5.93. The summed E-state index contributed by atoms with van der Waals surface area (Å²) in [5.74, 6) is -1.31. The van der Waals surface area contributed by atoms with E-state index in [9.17, 15) is 19.5 Å². The molecule has 218 valence electrons. The molecule has 3 aromatic rings. The number of likely N-dealkylation sites (N-methyl/N-ethyl adjacent to an activating group) is 1. The molecule has 0 saturated carbocycles. The van der Waals surface area contributed by atoms with Gasteiger partial charge in [0.05, 0.1) is 62.6 Å². The standard InChI is InChI=1S/C30H36N4O6S/c1-32(28(38)30(16-26(35)36)14-19-8-6-7-9-20(19)15-30)29-31-23-12-22(24(39-5)13-25(23)41-29)27(37)33-10-11-40-21(17-33)18-34(2,3)4/h6-9,12-13,21H,10-11,14-18H2,1-5H3. The smallest absolute Gasteiger partial charge is 0.257 e. The maximum Gasteiger partial charge on any atom is 0.257 e. The lowest BCUT2D eigenvalue weighted by atomic mass is 9.80. The monoisotopic (exact) mass is 580 g/mol. The van der Waals surface area contributed by atoms with Crippen LogP contribution in [-0.2, 0) is 27.2 Å². The number of hydrogen-bond acceptors (Lipinski definition) is 8. The number of carbonyl (C=O) groups excluding carboxylic acids is 3. The SMILES string of the molecule is COc1cc2sc(N(C)C(=O)C3(CC(=O)[O-])Cc4ccccc4C3)nc2cc1C(=O)N1CCOC(C[N+](C)(C)C)C1. The van der Waals surface area contributed by atoms with Crippen molar-refractivity contribution in [1.82, 2.24) is 9.88 Å². The number of anilines is 1. The topological polar surface area (TPSA) is 112 Å². The van der Waals surface area contributed by atoms with Gasteiger partial charge in [-0.15, -0.1) is 0 Å². The van der Waals surface area contributed by atoms with Crippen LogP contribution in [0.15, 0.2) is 36.4 Å². The van der Waals surface area contributed by atoms with Gasteiger partial charge in [-0.2, -0.15) is 0 Å². The summed E-state index contributed by atoms with van der Waals surface area (Å²) < 4.78 is 13.0. The molecule has 5 rings (SSSR count). The minimum absolute atomic E-state index is 0.0667. The largest absolute Gasteiger partial charge is 0.550 e. The van der Waals surface area contributed by atoms with Crippen molar-refractivity contribution < 1.29 is 33.4 Å². The Bertz CT molecular complexity index is 1470. The lowest BCUT2D eigenvalue weighted by molar-refractivity contribution is -0.873. The molecule has 1 unspecified atom stereocenters. The predicted molar refractivity (Wildman–Crippen MR) is 154 cm³/mol. The number of aromatic nitrogens is 1. The molecular weight excluding hydrogens is 544 g/mol. The Kier molecular flexibility index (Phi) is 7.80. The van der Waals surface area contributed by atoms with Gasteiger partial charge in [-0.05, 0) is 30.0 Å². The van der Waals surface area contributed by atoms with E-state index in [4.69, 9.17) is 14.5 Å². The molecule has 0 radical (unpaired) electrons. The van der Waals surface area contributed by atoms with E-state index in [-0.39, 0.29) is 24.3 Å². The number of carboxylic acids is 1. The van der Waals surface area contributed by atoms with E-state index < -0.39 is 11.4 Å². The molecule has 0 N–H and O–H groups in total. The number of thiazole rings is 1. The second-order valence-corrected chi connectivity index (χ2v) is 13.1. The van der Waals surface area contributed by atoms with Crippen molar-refractivity contribution in [2.45, 2.75) is 25.4 Å². The molecule has 1 aliphatic heterocycles. The van der Waals surface area contributed by atoms with Gasteiger partial charge in [-0.1, -0.05) is 35.6 Å². The number of ether oxygens (including phenoxy) is 2. The Labute approximate surface area is 243 Å². The molecule has 11 heteroatoms. The average Bonchev–Trinajstić information content (AvgIpc) is 3.51. The Morgan fingerprint density at radius 1 is 1.20 bits per heavy atom. The van der Waals surface area contributed by atoms with Gasteiger partial charge in [0.1, 0.15) is 18.4 Å². The molecule has 1 fully saturated rings. The molecule has 1 saturated heterocycles. The van der Waals surface area contributed by atoms with Gasteiger partial charge in [0.15, 0.2) is 5.13 Å². The average molecular weight is 581 g/mol. The molecule has 2 aliphatic rings. The number of fused-ring (bicyclic) bond motifs is 2. The highest BCUT2D eigenvalue weighted by atomic mass is 32.1. The van der Waals surface area contributed by atoms with Gasteiger partial charge in [0, 0.05) is 32.0 Å². The van der Waals surface area contributed by atoms with Gasteiger partial charge in [0.25, 0.3) is 5.91 Å². The molecule has 10 nitrogen and oxygen atoms in total. The summed E-state index contributed by atoms with van der Waals surface area (Å²) in [5.41, 5.74) is 1.76. The Hall–Kier alpha value is -3.54. The van der Waals surface area contributed by atoms with Crippen molar-refractivity contribution in [2.75, 3.05) is 66.4 Å². The molecule has 2 aromatic carbocycles. The molecule has 1 aliphatic carbocycles. The molecule has 2 heterocycles. The third-order valence-corrected chi connectivity index (χ3v) is 8.90. The second kappa shape index (κ2) is 11.0. The number of hydrogen-bond donors (Lipinski definition) is 0. The molecule has 1 aromatic heterocycles. The molecular formula is C30H36N4O6S. The van der Waals surface area contributed by atoms with Crippen molar-refractivity contribution >= 4 is 44.5 Å². The summed E-state index contributed by atoms with van der Waals surface area (Å²) in [6, 6.07) is 11.1. The summed E-state index contributed by atoms with van der Waals surface area (Å²) >= 11 is 1.29. The Morgan fingerprint density at radius 2 is 1.88 bits per heavy atom. The Balaban J connectivity index is 1.42. The van der Waals surface area contributed by atoms with Crippen LogP contribution in [0.4, 0.5) is 5.13 Å². The summed E-state index contributed by atoms with van der Waals surface area (Å²) in [6.45, 7) is 2.21. The van der Waals surface area contributed by atoms with Crippen LogP contribution >= 0.6 is 11.3 Å². The van der Waals surface area contributed by atoms with Crippen LogP contribution in [0.3, 0.4) is 0 Å². The first-order valence-electron chi connectivity index (χ1n) is 13.6. The van der Waals surface area contributed by atoms with Crippen LogP contribution < -0.4 is 14.7 Å². The number of amides is 2. The zero-order valence-corrected chi connectivity index (χ0v) is 25.0. The number of rotatable bonds is 8. The van der Waals surface area contributed by atoms with E-state index in [1.54, 1.807) is 24.1 Å². The van der Waals surface area contributed by atoms with E-state index >= 15 is 0 Å². The fourth-order valence-electron chi connectivity index (χ4n) is 5.98. The molecule has 0 bridgehead atoms. The fourth-order valence-corrected chi connectivity index (χ4v) is 6.92. The molecule has 41 heavy (non-hydrogen) atoms. The first-order chi connectivity index (χ1) is 19.4. The normalized spacial score (nSPS) is 18.3. The van der Waals surface area contributed by atoms with E-state index in [1.165, 1.54) is 23.3 Å². The number of nitrogens with zero attached hydrogens (tertiary/aromatic N) is 4. The van der Waals surface area contributed by atoms with Crippen molar-refractivity contribution in [2.24, 2.45) is 5.41 Å². The van der Waals surface area contributed by atoms with Crippen LogP contribution in [0.2, 0.25) is 0 Å². The minimum atomic E-state index is -1.26. The van der Waals surface area contributed by atoms with Crippen molar-refractivity contribution in [3.63, 3.8) is 0 Å². The van der Waals surface area contributed by atoms with Crippen molar-refractivity contribution in [3.05, 3.63) is 53.1 Å². The molecule has 1 atom stereocenters. The van der Waals surface area contributed by atoms with Crippen molar-refractivity contribution in [3.8, 4) is 5.75 Å². The van der Waals surface area contributed by atoms with Gasteiger partial charge in [-0.25, -0.2) is 4.98 Å². The summed E-state index contributed by atoms with van der Waals surface area (Å²) in [6.07, 6.45) is 0.207. The minimum Gasteiger partial charge on any atom is -0.550 e. The Morgan fingerprint density at radius 3 is 2.49 bits per heavy atom. The lowest BCUT2D eigenvalue weighted by Gasteiger charge is -2.36. The first-order valence-corrected chi connectivity index (χ1v) is 14.5. The van der Waals surface area contributed by atoms with Gasteiger partial charge >= 0.3 is 0 Å². The van der Waals surface area contributed by atoms with E-state index in [1.807, 2.05) is 24.3 Å². The highest BCUT2D eigenvalue weighted by Crippen LogP contribution is 2.43. The second-order valence-electron chi connectivity index (χ2n) is 12.0. The van der Waals surface area contributed by atoms with E-state index in [2.05, 4.69) is 21.1 Å². The quantitative estimate of drug-likeness (QED) is 0.373. The van der Waals surface area contributed by atoms with Crippen LogP contribution in [0.1, 0.15) is 27.9 Å². The number of methoxy groups -OCH3 is 1. The number of carbonyl (C=O) groups is 3. The molecule has 2 amide bonds. The zero-order chi connectivity index (χ0) is 29.5. The van der Waals surface area contributed by atoms with E-state index in [0.29, 0.717) is 54.5 Å². The van der Waals surface area contributed by atoms with Crippen LogP contribution in [0.25, 0.3) is 10.2 Å². The lowest BCUT2D eigenvalue weighted by Crippen LogP contribution is -2.52. The zero-order valence-electron chi connectivity index (χ0n) is 24.1. The number of quaternary nitrogens is 1. The van der Waals surface area contributed by atoms with Crippen LogP contribution in [0.5, 0.6) is 5.75 Å². The summed E-state index contributed by atoms with van der Waals surface area (Å²) in [7, 11) is 9.42. The maximum absolute atomic E-state index is 13.9. The predicted octanol–water partition coefficient (Wildman–Crippen LogP) is 1.74.